The molecule has 1 amide bonds. The number of benzene rings is 1. The molecule has 1 atom stereocenters. The van der Waals surface area contributed by atoms with Crippen LogP contribution in [0.15, 0.2) is 24.3 Å². The Labute approximate surface area is 109 Å². The first-order chi connectivity index (χ1) is 9.02. The molecule has 0 aliphatic rings. The van der Waals surface area contributed by atoms with Crippen molar-refractivity contribution in [2.45, 2.75) is 12.7 Å². The summed E-state index contributed by atoms with van der Waals surface area (Å²) in [5.41, 5.74) is 0.759. The van der Waals surface area contributed by atoms with E-state index in [-0.39, 0.29) is 6.61 Å². The molecule has 104 valence electrons. The van der Waals surface area contributed by atoms with E-state index >= 15 is 0 Å². The van der Waals surface area contributed by atoms with Gasteiger partial charge in [0.05, 0.1) is 13.7 Å². The number of aliphatic hydroxyl groups is 1. The van der Waals surface area contributed by atoms with Crippen LogP contribution < -0.4 is 10.1 Å². The fourth-order valence-corrected chi connectivity index (χ4v) is 1.19. The van der Waals surface area contributed by atoms with E-state index in [1.807, 2.05) is 0 Å². The fourth-order valence-electron chi connectivity index (χ4n) is 1.19. The lowest BCUT2D eigenvalue weighted by atomic mass is 10.2. The number of amides is 1. The van der Waals surface area contributed by atoms with E-state index in [4.69, 9.17) is 19.7 Å². The number of hydrogen-bond donors (Lipinski definition) is 3. The van der Waals surface area contributed by atoms with Crippen LogP contribution in [-0.2, 0) is 16.1 Å². The molecular weight excluding hydrogens is 254 g/mol. The second kappa shape index (κ2) is 7.22. The summed E-state index contributed by atoms with van der Waals surface area (Å²) in [5, 5.41) is 19.5. The summed E-state index contributed by atoms with van der Waals surface area (Å²) in [6.07, 6.45) is -2.44. The maximum atomic E-state index is 11.2. The summed E-state index contributed by atoms with van der Waals surface area (Å²) < 4.78 is 9.82. The third kappa shape index (κ3) is 5.26. The summed E-state index contributed by atoms with van der Waals surface area (Å²) in [5.74, 6) is -0.715. The summed E-state index contributed by atoms with van der Waals surface area (Å²) >= 11 is 0. The van der Waals surface area contributed by atoms with Gasteiger partial charge in [0, 0.05) is 0 Å². The van der Waals surface area contributed by atoms with Gasteiger partial charge in [-0.3, -0.25) is 0 Å². The Hall–Kier alpha value is -2.28. The van der Waals surface area contributed by atoms with E-state index in [2.05, 4.69) is 5.32 Å². The molecule has 1 aromatic rings. The highest BCUT2D eigenvalue weighted by Gasteiger charge is 2.14. The normalized spacial score (nSPS) is 11.5. The molecule has 1 aromatic carbocycles. The molecule has 0 heterocycles. The van der Waals surface area contributed by atoms with Crippen molar-refractivity contribution < 1.29 is 29.3 Å². The number of aliphatic carboxylic acids is 1. The Morgan fingerprint density at radius 1 is 1.32 bits per heavy atom. The van der Waals surface area contributed by atoms with Gasteiger partial charge in [-0.2, -0.15) is 0 Å². The number of carbonyl (C=O) groups excluding carboxylic acids is 1. The first-order valence-electron chi connectivity index (χ1n) is 5.47. The van der Waals surface area contributed by atoms with Gasteiger partial charge in [0.1, 0.15) is 12.4 Å². The zero-order chi connectivity index (χ0) is 14.3. The van der Waals surface area contributed by atoms with Crippen molar-refractivity contribution in [2.75, 3.05) is 13.7 Å². The Bertz CT molecular complexity index is 430. The molecule has 0 unspecified atom stereocenters. The molecule has 0 aliphatic carbocycles. The Morgan fingerprint density at radius 2 is 1.95 bits per heavy atom. The van der Waals surface area contributed by atoms with Crippen LogP contribution in [0.3, 0.4) is 0 Å². The summed E-state index contributed by atoms with van der Waals surface area (Å²) in [4.78, 5) is 21.5. The topological polar surface area (TPSA) is 105 Å². The molecule has 7 heteroatoms. The lowest BCUT2D eigenvalue weighted by Gasteiger charge is -2.09. The van der Waals surface area contributed by atoms with Crippen LogP contribution in [-0.4, -0.2) is 42.0 Å². The highest BCUT2D eigenvalue weighted by molar-refractivity contribution is 5.74. The van der Waals surface area contributed by atoms with Crippen LogP contribution in [0, 0.1) is 0 Å². The van der Waals surface area contributed by atoms with Gasteiger partial charge in [-0.15, -0.1) is 0 Å². The van der Waals surface area contributed by atoms with Crippen molar-refractivity contribution in [1.29, 1.82) is 0 Å². The number of carboxylic acid groups (broad SMARTS) is 1. The van der Waals surface area contributed by atoms with E-state index in [0.717, 1.165) is 5.56 Å². The number of carboxylic acids is 1. The highest BCUT2D eigenvalue weighted by Crippen LogP contribution is 2.11. The van der Waals surface area contributed by atoms with Crippen molar-refractivity contribution in [2.24, 2.45) is 0 Å². The minimum absolute atomic E-state index is 0.0407. The van der Waals surface area contributed by atoms with Gasteiger partial charge in [0.15, 0.2) is 6.10 Å². The van der Waals surface area contributed by atoms with Crippen molar-refractivity contribution in [3.8, 4) is 5.75 Å². The third-order valence-corrected chi connectivity index (χ3v) is 2.25. The number of ether oxygens (including phenoxy) is 2. The summed E-state index contributed by atoms with van der Waals surface area (Å²) in [6.45, 7) is -0.365. The number of hydrogen-bond acceptors (Lipinski definition) is 5. The first-order valence-corrected chi connectivity index (χ1v) is 5.47. The smallest absolute Gasteiger partial charge is 0.407 e. The molecule has 0 aliphatic heterocycles. The van der Waals surface area contributed by atoms with Gasteiger partial charge in [0.25, 0.3) is 0 Å². The van der Waals surface area contributed by atoms with Gasteiger partial charge in [-0.25, -0.2) is 9.59 Å². The molecule has 0 bridgehead atoms. The Balaban J connectivity index is 2.31. The van der Waals surface area contributed by atoms with Crippen molar-refractivity contribution in [1.82, 2.24) is 5.32 Å². The Morgan fingerprint density at radius 3 is 2.47 bits per heavy atom. The molecule has 0 saturated carbocycles. The van der Waals surface area contributed by atoms with Crippen molar-refractivity contribution in [3.63, 3.8) is 0 Å². The second-order valence-corrected chi connectivity index (χ2v) is 3.66. The molecule has 19 heavy (non-hydrogen) atoms. The molecule has 0 fully saturated rings. The number of nitrogens with one attached hydrogen (secondary N) is 1. The molecule has 7 nitrogen and oxygen atoms in total. The minimum atomic E-state index is -1.64. The number of carbonyl (C=O) groups is 2. The van der Waals surface area contributed by atoms with Crippen LogP contribution in [0.1, 0.15) is 5.56 Å². The maximum absolute atomic E-state index is 11.2. The van der Waals surface area contributed by atoms with Gasteiger partial charge >= 0.3 is 12.1 Å². The lowest BCUT2D eigenvalue weighted by Crippen LogP contribution is -2.36. The average molecular weight is 269 g/mol. The number of methoxy groups -OCH3 is 1. The second-order valence-electron chi connectivity index (χ2n) is 3.66. The number of alkyl carbamates (subject to hydrolysis) is 1. The summed E-state index contributed by atoms with van der Waals surface area (Å²) in [6, 6.07) is 6.92. The monoisotopic (exact) mass is 269 g/mol. The average Bonchev–Trinajstić information content (AvgIpc) is 2.42. The maximum Gasteiger partial charge on any atom is 0.407 e. The van der Waals surface area contributed by atoms with Crippen LogP contribution in [0.25, 0.3) is 0 Å². The van der Waals surface area contributed by atoms with E-state index in [0.29, 0.717) is 5.75 Å². The van der Waals surface area contributed by atoms with Crippen LogP contribution in [0.5, 0.6) is 5.75 Å². The molecule has 0 radical (unpaired) electrons. The van der Waals surface area contributed by atoms with E-state index in [1.165, 1.54) is 0 Å². The fraction of sp³-hybridized carbons (Fsp3) is 0.333. The molecule has 0 aromatic heterocycles. The molecule has 3 N–H and O–H groups in total. The highest BCUT2D eigenvalue weighted by atomic mass is 16.5. The van der Waals surface area contributed by atoms with Gasteiger partial charge < -0.3 is 25.0 Å². The molecule has 1 rings (SSSR count). The van der Waals surface area contributed by atoms with Crippen LogP contribution in [0.4, 0.5) is 4.79 Å². The SMILES string of the molecule is COc1ccc(COC(=O)NC[C@H](O)C(=O)O)cc1. The number of rotatable bonds is 6. The predicted octanol–water partition coefficient (Wildman–Crippen LogP) is 0.367. The number of aliphatic hydroxyl groups excluding tert-OH is 1. The Kier molecular flexibility index (Phi) is 5.62. The molecule has 0 spiro atoms. The summed E-state index contributed by atoms with van der Waals surface area (Å²) in [7, 11) is 1.55. The van der Waals surface area contributed by atoms with Crippen molar-refractivity contribution >= 4 is 12.1 Å². The molecular formula is C12H15NO6. The van der Waals surface area contributed by atoms with E-state index in [1.54, 1.807) is 31.4 Å². The zero-order valence-corrected chi connectivity index (χ0v) is 10.3. The zero-order valence-electron chi connectivity index (χ0n) is 10.3. The quantitative estimate of drug-likeness (QED) is 0.689. The predicted molar refractivity (Wildman–Crippen MR) is 64.8 cm³/mol. The van der Waals surface area contributed by atoms with Gasteiger partial charge in [0.2, 0.25) is 0 Å². The van der Waals surface area contributed by atoms with Gasteiger partial charge in [-0.05, 0) is 17.7 Å². The van der Waals surface area contributed by atoms with Crippen LogP contribution in [0.2, 0.25) is 0 Å². The van der Waals surface area contributed by atoms with Crippen molar-refractivity contribution in [3.05, 3.63) is 29.8 Å². The largest absolute Gasteiger partial charge is 0.497 e. The lowest BCUT2D eigenvalue weighted by molar-refractivity contribution is -0.146. The van der Waals surface area contributed by atoms with E-state index < -0.39 is 24.7 Å². The minimum Gasteiger partial charge on any atom is -0.497 e. The third-order valence-electron chi connectivity index (χ3n) is 2.25. The van der Waals surface area contributed by atoms with Gasteiger partial charge in [-0.1, -0.05) is 12.1 Å². The standard InChI is InChI=1S/C12H15NO6/c1-18-9-4-2-8(3-5-9)7-19-12(17)13-6-10(14)11(15)16/h2-5,10,14H,6-7H2,1H3,(H,13,17)(H,15,16)/t10-/m0/s1. The van der Waals surface area contributed by atoms with E-state index in [9.17, 15) is 9.59 Å². The molecule has 0 saturated heterocycles. The first kappa shape index (κ1) is 14.8. The van der Waals surface area contributed by atoms with Crippen LogP contribution >= 0.6 is 0 Å².